The minimum atomic E-state index is -1.22. The number of azo groups is 1. The highest BCUT2D eigenvalue weighted by molar-refractivity contribution is 5.94. The smallest absolute Gasteiger partial charge is 0.339 e. The molecule has 0 aliphatic rings. The number of aromatic hydroxyl groups is 1. The molecule has 188 valence electrons. The van der Waals surface area contributed by atoms with E-state index in [4.69, 9.17) is 0 Å². The number of H-pyrrole nitrogens is 1. The van der Waals surface area contributed by atoms with E-state index in [-0.39, 0.29) is 22.6 Å². The average molecular weight is 505 g/mol. The number of carbonyl (C=O) groups is 1. The van der Waals surface area contributed by atoms with Gasteiger partial charge in [0.1, 0.15) is 11.3 Å². The molecule has 0 saturated carbocycles. The van der Waals surface area contributed by atoms with Crippen molar-refractivity contribution in [2.75, 3.05) is 0 Å². The molecule has 0 radical (unpaired) electrons. The zero-order valence-electron chi connectivity index (χ0n) is 20.7. The minimum absolute atomic E-state index is 0.149. The van der Waals surface area contributed by atoms with Gasteiger partial charge in [-0.25, -0.2) is 9.48 Å². The van der Waals surface area contributed by atoms with E-state index in [1.165, 1.54) is 10.7 Å². The number of nitrogens with zero attached hydrogens (tertiary/aromatic N) is 3. The lowest BCUT2D eigenvalue weighted by molar-refractivity contribution is 0.0694. The molecule has 0 spiro atoms. The van der Waals surface area contributed by atoms with Gasteiger partial charge >= 0.3 is 5.97 Å². The number of aryl methyl sites for hydroxylation is 2. The van der Waals surface area contributed by atoms with Crippen molar-refractivity contribution in [2.24, 2.45) is 10.2 Å². The number of aromatic nitrogens is 2. The first kappa shape index (κ1) is 24.5. The molecule has 3 N–H and O–H groups in total. The molecule has 0 fully saturated rings. The number of aromatic amines is 1. The third kappa shape index (κ3) is 4.62. The third-order valence-corrected chi connectivity index (χ3v) is 6.37. The van der Waals surface area contributed by atoms with Gasteiger partial charge < -0.3 is 10.2 Å². The molecule has 5 rings (SSSR count). The van der Waals surface area contributed by atoms with Gasteiger partial charge in [-0.05, 0) is 60.9 Å². The number of para-hydroxylation sites is 1. The maximum Gasteiger partial charge on any atom is 0.339 e. The summed E-state index contributed by atoms with van der Waals surface area (Å²) in [6.07, 6.45) is 0. The van der Waals surface area contributed by atoms with Crippen molar-refractivity contribution in [1.29, 1.82) is 0 Å². The molecule has 4 aromatic carbocycles. The molecular weight excluding hydrogens is 480 g/mol. The predicted molar refractivity (Wildman–Crippen MR) is 146 cm³/mol. The fourth-order valence-corrected chi connectivity index (χ4v) is 4.17. The molecular formula is C30H24N4O4. The van der Waals surface area contributed by atoms with Gasteiger partial charge in [0.15, 0.2) is 5.69 Å². The van der Waals surface area contributed by atoms with Gasteiger partial charge in [-0.2, -0.15) is 5.11 Å². The van der Waals surface area contributed by atoms with Crippen LogP contribution in [0.4, 0.5) is 11.4 Å². The number of hydrogen-bond acceptors (Lipinski definition) is 5. The summed E-state index contributed by atoms with van der Waals surface area (Å²) in [5, 5.41) is 31.7. The molecule has 0 aliphatic carbocycles. The van der Waals surface area contributed by atoms with Crippen LogP contribution in [-0.4, -0.2) is 26.0 Å². The van der Waals surface area contributed by atoms with Crippen molar-refractivity contribution >= 4 is 17.3 Å². The maximum absolute atomic E-state index is 13.5. The Kier molecular flexibility index (Phi) is 6.45. The molecule has 0 amide bonds. The Bertz CT molecular complexity index is 1750. The Morgan fingerprint density at radius 1 is 0.816 bits per heavy atom. The van der Waals surface area contributed by atoms with Gasteiger partial charge in [0.2, 0.25) is 0 Å². The number of rotatable bonds is 6. The number of phenols is 1. The highest BCUT2D eigenvalue weighted by atomic mass is 16.4. The molecule has 0 saturated heterocycles. The van der Waals surface area contributed by atoms with Crippen molar-refractivity contribution in [2.45, 2.75) is 13.8 Å². The summed E-state index contributed by atoms with van der Waals surface area (Å²) in [6.45, 7) is 4.00. The summed E-state index contributed by atoms with van der Waals surface area (Å²) in [7, 11) is 0. The van der Waals surface area contributed by atoms with E-state index in [1.807, 2.05) is 62.4 Å². The van der Waals surface area contributed by atoms with Gasteiger partial charge in [0.05, 0.1) is 17.1 Å². The normalized spacial score (nSPS) is 11.2. The largest absolute Gasteiger partial charge is 0.506 e. The molecule has 0 atom stereocenters. The SMILES string of the molecule is Cc1ccc(-n2[nH]c(-c3ccccc3)c(N=Nc3cccc(-c4cccc(C(=O)O)c4O)c3)c2=O)cc1C. The summed E-state index contributed by atoms with van der Waals surface area (Å²) in [5.74, 6) is -1.55. The van der Waals surface area contributed by atoms with Gasteiger partial charge in [-0.15, -0.1) is 5.11 Å². The summed E-state index contributed by atoms with van der Waals surface area (Å²) in [6, 6.07) is 26.5. The quantitative estimate of drug-likeness (QED) is 0.217. The zero-order valence-corrected chi connectivity index (χ0v) is 20.7. The second-order valence-electron chi connectivity index (χ2n) is 8.87. The van der Waals surface area contributed by atoms with Crippen molar-refractivity contribution in [3.05, 3.63) is 118 Å². The van der Waals surface area contributed by atoms with Crippen LogP contribution in [0, 0.1) is 13.8 Å². The Hall–Kier alpha value is -5.24. The Morgan fingerprint density at radius 2 is 1.55 bits per heavy atom. The van der Waals surface area contributed by atoms with E-state index in [1.54, 1.807) is 36.4 Å². The molecule has 38 heavy (non-hydrogen) atoms. The third-order valence-electron chi connectivity index (χ3n) is 6.37. The summed E-state index contributed by atoms with van der Waals surface area (Å²) in [5.41, 5.74) is 5.13. The van der Waals surface area contributed by atoms with E-state index in [2.05, 4.69) is 15.3 Å². The van der Waals surface area contributed by atoms with E-state index in [0.29, 0.717) is 28.2 Å². The Morgan fingerprint density at radius 3 is 2.29 bits per heavy atom. The monoisotopic (exact) mass is 504 g/mol. The molecule has 1 aromatic heterocycles. The van der Waals surface area contributed by atoms with Crippen LogP contribution in [0.25, 0.3) is 28.1 Å². The number of aromatic carboxylic acids is 1. The van der Waals surface area contributed by atoms with E-state index >= 15 is 0 Å². The molecule has 8 nitrogen and oxygen atoms in total. The zero-order chi connectivity index (χ0) is 26.8. The fraction of sp³-hybridized carbons (Fsp3) is 0.0667. The number of carboxylic acid groups (broad SMARTS) is 1. The molecule has 0 aliphatic heterocycles. The maximum atomic E-state index is 13.5. The predicted octanol–water partition coefficient (Wildman–Crippen LogP) is 6.94. The van der Waals surface area contributed by atoms with E-state index in [9.17, 15) is 19.8 Å². The van der Waals surface area contributed by atoms with Crippen LogP contribution in [0.3, 0.4) is 0 Å². The van der Waals surface area contributed by atoms with Gasteiger partial charge in [-0.1, -0.05) is 60.7 Å². The minimum Gasteiger partial charge on any atom is -0.506 e. The van der Waals surface area contributed by atoms with E-state index < -0.39 is 5.97 Å². The molecule has 8 heteroatoms. The van der Waals surface area contributed by atoms with Crippen LogP contribution >= 0.6 is 0 Å². The van der Waals surface area contributed by atoms with Crippen LogP contribution in [-0.2, 0) is 0 Å². The van der Waals surface area contributed by atoms with Crippen LogP contribution in [0.5, 0.6) is 5.75 Å². The summed E-state index contributed by atoms with van der Waals surface area (Å²) >= 11 is 0. The molecule has 0 bridgehead atoms. The second-order valence-corrected chi connectivity index (χ2v) is 8.87. The van der Waals surface area contributed by atoms with Crippen molar-refractivity contribution < 1.29 is 15.0 Å². The highest BCUT2D eigenvalue weighted by Gasteiger charge is 2.18. The number of carboxylic acids is 1. The van der Waals surface area contributed by atoms with Crippen molar-refractivity contribution in [1.82, 2.24) is 9.78 Å². The number of benzene rings is 4. The van der Waals surface area contributed by atoms with Gasteiger partial charge in [0, 0.05) is 11.1 Å². The fourth-order valence-electron chi connectivity index (χ4n) is 4.17. The van der Waals surface area contributed by atoms with Crippen LogP contribution in [0.2, 0.25) is 0 Å². The van der Waals surface area contributed by atoms with E-state index in [0.717, 1.165) is 16.7 Å². The summed E-state index contributed by atoms with van der Waals surface area (Å²) < 4.78 is 1.45. The molecule has 0 unspecified atom stereocenters. The molecule has 1 heterocycles. The lowest BCUT2D eigenvalue weighted by atomic mass is 10.0. The van der Waals surface area contributed by atoms with Crippen LogP contribution in [0.15, 0.2) is 106 Å². The van der Waals surface area contributed by atoms with Crippen LogP contribution < -0.4 is 5.56 Å². The first-order valence-electron chi connectivity index (χ1n) is 11.9. The van der Waals surface area contributed by atoms with Crippen molar-refractivity contribution in [3.8, 4) is 33.8 Å². The average Bonchev–Trinajstić information content (AvgIpc) is 3.25. The first-order chi connectivity index (χ1) is 18.3. The second kappa shape index (κ2) is 10.0. The van der Waals surface area contributed by atoms with Crippen molar-refractivity contribution in [3.63, 3.8) is 0 Å². The lowest BCUT2D eigenvalue weighted by Crippen LogP contribution is -2.14. The summed E-state index contributed by atoms with van der Waals surface area (Å²) in [4.78, 5) is 24.9. The molecule has 5 aromatic rings. The topological polar surface area (TPSA) is 120 Å². The highest BCUT2D eigenvalue weighted by Crippen LogP contribution is 2.35. The lowest BCUT2D eigenvalue weighted by Gasteiger charge is -2.07. The Labute approximate surface area is 218 Å². The first-order valence-corrected chi connectivity index (χ1v) is 11.9. The standard InChI is InChI=1S/C30H24N4O4/c1-18-14-15-23(16-19(18)2)34-29(36)27(26(33-34)20-8-4-3-5-9-20)32-31-22-11-6-10-21(17-22)24-12-7-13-25(28(24)35)30(37)38/h3-17,33,35H,1-2H3,(H,37,38). The van der Waals surface area contributed by atoms with Gasteiger partial charge in [-0.3, -0.25) is 9.89 Å². The number of hydrogen-bond donors (Lipinski definition) is 3. The van der Waals surface area contributed by atoms with Gasteiger partial charge in [0.25, 0.3) is 5.56 Å². The Balaban J connectivity index is 1.59. The number of nitrogens with one attached hydrogen (secondary N) is 1. The van der Waals surface area contributed by atoms with Crippen LogP contribution in [0.1, 0.15) is 21.5 Å².